The summed E-state index contributed by atoms with van der Waals surface area (Å²) in [6.07, 6.45) is 3.12. The van der Waals surface area contributed by atoms with Crippen LogP contribution >= 0.6 is 11.6 Å². The molecule has 1 atom stereocenters. The maximum Gasteiger partial charge on any atom is 0.269 e. The summed E-state index contributed by atoms with van der Waals surface area (Å²) in [5.74, 6) is 0. The van der Waals surface area contributed by atoms with Gasteiger partial charge in [0.2, 0.25) is 0 Å². The average molecular weight is 382 g/mol. The zero-order chi connectivity index (χ0) is 18.8. The minimum atomic E-state index is -0.345. The minimum Gasteiger partial charge on any atom is -0.350 e. The molecule has 2 aromatic carbocycles. The number of halogens is 1. The highest BCUT2D eigenvalue weighted by atomic mass is 35.5. The van der Waals surface area contributed by atoms with Gasteiger partial charge in [0.15, 0.2) is 0 Å². The quantitative estimate of drug-likeness (QED) is 0.469. The van der Waals surface area contributed by atoms with Gasteiger partial charge in [0.1, 0.15) is 0 Å². The van der Waals surface area contributed by atoms with E-state index in [2.05, 4.69) is 33.9 Å². The lowest BCUT2D eigenvalue weighted by Crippen LogP contribution is -2.29. The fourth-order valence-electron chi connectivity index (χ4n) is 3.87. The molecule has 4 rings (SSSR count). The zero-order valence-electron chi connectivity index (χ0n) is 14.8. The van der Waals surface area contributed by atoms with Crippen molar-refractivity contribution in [3.05, 3.63) is 98.8 Å². The largest absolute Gasteiger partial charge is 0.350 e. The summed E-state index contributed by atoms with van der Waals surface area (Å²) in [6.45, 7) is 2.47. The summed E-state index contributed by atoms with van der Waals surface area (Å²) >= 11 is 6.55. The zero-order valence-corrected chi connectivity index (χ0v) is 15.5. The third-order valence-corrected chi connectivity index (χ3v) is 5.41. The second kappa shape index (κ2) is 7.55. The van der Waals surface area contributed by atoms with Crippen LogP contribution in [-0.4, -0.2) is 20.9 Å². The predicted octanol–water partition coefficient (Wildman–Crippen LogP) is 5.05. The van der Waals surface area contributed by atoms with Crippen LogP contribution in [-0.2, 0) is 13.1 Å². The Morgan fingerprint density at radius 1 is 1.07 bits per heavy atom. The highest BCUT2D eigenvalue weighted by Gasteiger charge is 2.29. The Hall–Kier alpha value is -2.63. The van der Waals surface area contributed by atoms with E-state index < -0.39 is 0 Å². The number of non-ortho nitro benzene ring substituents is 1. The Balaban J connectivity index is 1.75. The molecule has 0 unspecified atom stereocenters. The van der Waals surface area contributed by atoms with Crippen molar-refractivity contribution in [1.82, 2.24) is 9.47 Å². The van der Waals surface area contributed by atoms with E-state index in [0.29, 0.717) is 6.54 Å². The first kappa shape index (κ1) is 17.8. The van der Waals surface area contributed by atoms with E-state index in [1.165, 1.54) is 11.8 Å². The molecule has 0 fully saturated rings. The monoisotopic (exact) mass is 381 g/mol. The first-order chi connectivity index (χ1) is 13.1. The van der Waals surface area contributed by atoms with Crippen LogP contribution in [0, 0.1) is 10.1 Å². The molecule has 0 saturated heterocycles. The normalized spacial score (nSPS) is 17.3. The Morgan fingerprint density at radius 3 is 2.74 bits per heavy atom. The molecule has 0 bridgehead atoms. The Morgan fingerprint density at radius 2 is 1.93 bits per heavy atom. The van der Waals surface area contributed by atoms with Crippen molar-refractivity contribution >= 4 is 17.3 Å². The van der Waals surface area contributed by atoms with Gasteiger partial charge in [-0.25, -0.2) is 0 Å². The van der Waals surface area contributed by atoms with E-state index in [1.54, 1.807) is 12.1 Å². The average Bonchev–Trinajstić information content (AvgIpc) is 3.05. The Kier molecular flexibility index (Phi) is 4.97. The molecule has 0 spiro atoms. The van der Waals surface area contributed by atoms with Crippen molar-refractivity contribution in [1.29, 1.82) is 0 Å². The molecular formula is C21H20ClN3O2. The summed E-state index contributed by atoms with van der Waals surface area (Å²) < 4.78 is 2.28. The number of hydrogen-bond acceptors (Lipinski definition) is 3. The molecule has 2 heterocycles. The van der Waals surface area contributed by atoms with Gasteiger partial charge in [0.05, 0.1) is 11.0 Å². The Labute approximate surface area is 162 Å². The van der Waals surface area contributed by atoms with Gasteiger partial charge in [-0.05, 0) is 35.7 Å². The number of nitro benzene ring substituents is 1. The van der Waals surface area contributed by atoms with Gasteiger partial charge in [-0.3, -0.25) is 15.0 Å². The van der Waals surface area contributed by atoms with Crippen LogP contribution in [0.15, 0.2) is 66.9 Å². The minimum absolute atomic E-state index is 0.00969. The molecule has 1 aliphatic heterocycles. The van der Waals surface area contributed by atoms with Gasteiger partial charge in [-0.2, -0.15) is 0 Å². The molecule has 0 amide bonds. The summed E-state index contributed by atoms with van der Waals surface area (Å²) in [7, 11) is 0. The van der Waals surface area contributed by atoms with Crippen molar-refractivity contribution in [3.8, 4) is 0 Å². The maximum atomic E-state index is 11.1. The summed E-state index contributed by atoms with van der Waals surface area (Å²) in [4.78, 5) is 13.1. The highest BCUT2D eigenvalue weighted by Crippen LogP contribution is 2.36. The molecule has 0 radical (unpaired) electrons. The molecule has 1 aromatic heterocycles. The third kappa shape index (κ3) is 3.61. The molecular weight excluding hydrogens is 362 g/mol. The second-order valence-electron chi connectivity index (χ2n) is 6.80. The Bertz CT molecular complexity index is 969. The first-order valence-electron chi connectivity index (χ1n) is 9.00. The number of nitrogens with zero attached hydrogens (tertiary/aromatic N) is 3. The van der Waals surface area contributed by atoms with Gasteiger partial charge >= 0.3 is 0 Å². The maximum absolute atomic E-state index is 11.1. The van der Waals surface area contributed by atoms with Crippen LogP contribution in [0.1, 0.15) is 29.3 Å². The lowest BCUT2D eigenvalue weighted by atomic mass is 10.0. The van der Waals surface area contributed by atoms with E-state index >= 15 is 0 Å². The van der Waals surface area contributed by atoms with E-state index in [4.69, 9.17) is 11.6 Å². The third-order valence-electron chi connectivity index (χ3n) is 5.06. The molecule has 0 N–H and O–H groups in total. The lowest BCUT2D eigenvalue weighted by molar-refractivity contribution is -0.384. The molecule has 27 heavy (non-hydrogen) atoms. The molecule has 6 heteroatoms. The molecule has 0 saturated carbocycles. The van der Waals surface area contributed by atoms with Gasteiger partial charge < -0.3 is 4.57 Å². The van der Waals surface area contributed by atoms with Gasteiger partial charge in [0, 0.05) is 48.7 Å². The highest BCUT2D eigenvalue weighted by molar-refractivity contribution is 6.31. The standard InChI is InChI=1S/C21H20ClN3O2/c22-19-9-2-1-8-18(19)21-20-10-4-11-23(20)12-5-13-24(21)15-16-6-3-7-17(14-16)25(26)27/h1-4,6-11,14,21H,5,12-13,15H2/t21-/m0/s1. The second-order valence-corrected chi connectivity index (χ2v) is 7.21. The molecule has 0 aliphatic carbocycles. The van der Waals surface area contributed by atoms with Gasteiger partial charge in [-0.15, -0.1) is 0 Å². The number of aryl methyl sites for hydroxylation is 1. The topological polar surface area (TPSA) is 51.3 Å². The number of hydrogen-bond donors (Lipinski definition) is 0. The van der Waals surface area contributed by atoms with Crippen molar-refractivity contribution in [2.75, 3.05) is 6.54 Å². The van der Waals surface area contributed by atoms with Crippen LogP contribution in [0.25, 0.3) is 0 Å². The number of nitro groups is 1. The van der Waals surface area contributed by atoms with Crippen LogP contribution in [0.4, 0.5) is 5.69 Å². The first-order valence-corrected chi connectivity index (χ1v) is 9.38. The van der Waals surface area contributed by atoms with Crippen LogP contribution < -0.4 is 0 Å². The lowest BCUT2D eigenvalue weighted by Gasteiger charge is -2.31. The SMILES string of the molecule is O=[N+]([O-])c1cccc(CN2CCCn3cccc3[C@@H]2c2ccccc2Cl)c1. The van der Waals surface area contributed by atoms with E-state index in [1.807, 2.05) is 24.3 Å². The van der Waals surface area contributed by atoms with Crippen LogP contribution in [0.3, 0.4) is 0 Å². The van der Waals surface area contributed by atoms with E-state index in [0.717, 1.165) is 35.7 Å². The number of aromatic nitrogens is 1. The van der Waals surface area contributed by atoms with Crippen molar-refractivity contribution in [2.45, 2.75) is 25.6 Å². The molecule has 1 aliphatic rings. The van der Waals surface area contributed by atoms with Crippen molar-refractivity contribution in [2.24, 2.45) is 0 Å². The van der Waals surface area contributed by atoms with Crippen LogP contribution in [0.5, 0.6) is 0 Å². The van der Waals surface area contributed by atoms with E-state index in [9.17, 15) is 10.1 Å². The fourth-order valence-corrected chi connectivity index (χ4v) is 4.10. The van der Waals surface area contributed by atoms with Gasteiger partial charge in [0.25, 0.3) is 5.69 Å². The molecule has 5 nitrogen and oxygen atoms in total. The fraction of sp³-hybridized carbons (Fsp3) is 0.238. The van der Waals surface area contributed by atoms with E-state index in [-0.39, 0.29) is 16.7 Å². The number of rotatable bonds is 4. The summed E-state index contributed by atoms with van der Waals surface area (Å²) in [5, 5.41) is 11.9. The smallest absolute Gasteiger partial charge is 0.269 e. The summed E-state index contributed by atoms with van der Waals surface area (Å²) in [5.41, 5.74) is 3.32. The van der Waals surface area contributed by atoms with Crippen LogP contribution in [0.2, 0.25) is 5.02 Å². The number of fused-ring (bicyclic) bond motifs is 1. The molecule has 138 valence electrons. The van der Waals surface area contributed by atoms with Gasteiger partial charge in [-0.1, -0.05) is 41.9 Å². The van der Waals surface area contributed by atoms with Crippen molar-refractivity contribution < 1.29 is 4.92 Å². The molecule has 3 aromatic rings. The number of benzene rings is 2. The predicted molar refractivity (Wildman–Crippen MR) is 106 cm³/mol. The van der Waals surface area contributed by atoms with Crippen molar-refractivity contribution in [3.63, 3.8) is 0 Å². The summed E-state index contributed by atoms with van der Waals surface area (Å²) in [6, 6.07) is 19.0.